The molecule has 19 heavy (non-hydrogen) atoms. The van der Waals surface area contributed by atoms with Crippen molar-refractivity contribution in [3.63, 3.8) is 0 Å². The summed E-state index contributed by atoms with van der Waals surface area (Å²) in [6, 6.07) is -0.225. The predicted molar refractivity (Wildman–Crippen MR) is 74.4 cm³/mol. The number of hydrogen-bond donors (Lipinski definition) is 1. The van der Waals surface area contributed by atoms with Crippen LogP contribution in [0.4, 0.5) is 0 Å². The van der Waals surface area contributed by atoms with E-state index in [2.05, 4.69) is 0 Å². The summed E-state index contributed by atoms with van der Waals surface area (Å²) < 4.78 is 0. The second-order valence-electron chi connectivity index (χ2n) is 6.63. The zero-order chi connectivity index (χ0) is 14.8. The van der Waals surface area contributed by atoms with E-state index in [-0.39, 0.29) is 29.9 Å². The Morgan fingerprint density at radius 3 is 2.11 bits per heavy atom. The lowest BCUT2D eigenvalue weighted by Gasteiger charge is -2.37. The molecular formula is C15H27NO3. The number of hydrogen-bond acceptors (Lipinski definition) is 3. The SMILES string of the molecule is CCC1(CC)CC(=O)N(C(CCO)C(C)(C)C)C1=O. The molecule has 0 aromatic rings. The van der Waals surface area contributed by atoms with E-state index in [9.17, 15) is 14.7 Å². The van der Waals surface area contributed by atoms with Gasteiger partial charge in [-0.1, -0.05) is 34.6 Å². The summed E-state index contributed by atoms with van der Waals surface area (Å²) in [7, 11) is 0. The number of imide groups is 1. The van der Waals surface area contributed by atoms with E-state index in [1.54, 1.807) is 0 Å². The lowest BCUT2D eigenvalue weighted by atomic mass is 9.80. The van der Waals surface area contributed by atoms with E-state index in [4.69, 9.17) is 0 Å². The normalized spacial score (nSPS) is 21.1. The zero-order valence-electron chi connectivity index (χ0n) is 12.8. The number of carbonyl (C=O) groups excluding carboxylic acids is 2. The lowest BCUT2D eigenvalue weighted by molar-refractivity contribution is -0.147. The van der Waals surface area contributed by atoms with Crippen LogP contribution in [0.1, 0.15) is 60.3 Å². The Kier molecular flexibility index (Phi) is 4.77. The number of amides is 2. The van der Waals surface area contributed by atoms with E-state index in [1.807, 2.05) is 34.6 Å². The Hall–Kier alpha value is -0.900. The highest BCUT2D eigenvalue weighted by molar-refractivity contribution is 6.06. The second-order valence-corrected chi connectivity index (χ2v) is 6.63. The first-order chi connectivity index (χ1) is 8.73. The first kappa shape index (κ1) is 16.2. The minimum Gasteiger partial charge on any atom is -0.396 e. The molecule has 4 heteroatoms. The van der Waals surface area contributed by atoms with Gasteiger partial charge in [0.05, 0.1) is 5.41 Å². The molecule has 1 heterocycles. The van der Waals surface area contributed by atoms with Crippen molar-refractivity contribution >= 4 is 11.8 Å². The average Bonchev–Trinajstić information content (AvgIpc) is 2.57. The molecule has 1 fully saturated rings. The molecule has 2 amide bonds. The average molecular weight is 269 g/mol. The van der Waals surface area contributed by atoms with Crippen LogP contribution in [-0.2, 0) is 9.59 Å². The van der Waals surface area contributed by atoms with Gasteiger partial charge in [0.2, 0.25) is 11.8 Å². The summed E-state index contributed by atoms with van der Waals surface area (Å²) in [5.41, 5.74) is -0.734. The van der Waals surface area contributed by atoms with Crippen LogP contribution in [0.2, 0.25) is 0 Å². The fourth-order valence-electron chi connectivity index (χ4n) is 3.01. The van der Waals surface area contributed by atoms with Crippen molar-refractivity contribution in [1.82, 2.24) is 4.90 Å². The van der Waals surface area contributed by atoms with Gasteiger partial charge >= 0.3 is 0 Å². The molecule has 0 aromatic heterocycles. The van der Waals surface area contributed by atoms with Gasteiger partial charge in [0.1, 0.15) is 0 Å². The fraction of sp³-hybridized carbons (Fsp3) is 0.867. The van der Waals surface area contributed by atoms with Gasteiger partial charge in [0.25, 0.3) is 0 Å². The van der Waals surface area contributed by atoms with E-state index < -0.39 is 5.41 Å². The van der Waals surface area contributed by atoms with E-state index in [1.165, 1.54) is 4.90 Å². The van der Waals surface area contributed by atoms with Crippen LogP contribution in [0, 0.1) is 10.8 Å². The van der Waals surface area contributed by atoms with Crippen molar-refractivity contribution in [2.45, 2.75) is 66.3 Å². The summed E-state index contributed by atoms with van der Waals surface area (Å²) in [4.78, 5) is 26.4. The number of nitrogens with zero attached hydrogens (tertiary/aromatic N) is 1. The molecule has 0 radical (unpaired) electrons. The Balaban J connectivity index is 3.12. The summed E-state index contributed by atoms with van der Waals surface area (Å²) in [6.45, 7) is 9.94. The Bertz CT molecular complexity index is 353. The lowest BCUT2D eigenvalue weighted by Crippen LogP contribution is -2.49. The highest BCUT2D eigenvalue weighted by atomic mass is 16.3. The van der Waals surface area contributed by atoms with Crippen molar-refractivity contribution in [3.05, 3.63) is 0 Å². The van der Waals surface area contributed by atoms with Gasteiger partial charge < -0.3 is 5.11 Å². The Labute approximate surface area is 116 Å². The Morgan fingerprint density at radius 1 is 1.26 bits per heavy atom. The van der Waals surface area contributed by atoms with Crippen LogP contribution in [0.25, 0.3) is 0 Å². The molecule has 1 atom stereocenters. The van der Waals surface area contributed by atoms with Gasteiger partial charge in [0.15, 0.2) is 0 Å². The minimum atomic E-state index is -0.518. The van der Waals surface area contributed by atoms with E-state index in [0.717, 1.165) is 0 Å². The number of aliphatic hydroxyl groups is 1. The van der Waals surface area contributed by atoms with Gasteiger partial charge in [-0.3, -0.25) is 14.5 Å². The molecule has 0 saturated carbocycles. The molecule has 1 saturated heterocycles. The predicted octanol–water partition coefficient (Wildman–Crippen LogP) is 2.35. The van der Waals surface area contributed by atoms with Crippen molar-refractivity contribution < 1.29 is 14.7 Å². The third-order valence-electron chi connectivity index (χ3n) is 4.50. The minimum absolute atomic E-state index is 0.00968. The molecule has 1 N–H and O–H groups in total. The van der Waals surface area contributed by atoms with Gasteiger partial charge in [-0.25, -0.2) is 0 Å². The van der Waals surface area contributed by atoms with Crippen molar-refractivity contribution in [3.8, 4) is 0 Å². The Morgan fingerprint density at radius 2 is 1.79 bits per heavy atom. The summed E-state index contributed by atoms with van der Waals surface area (Å²) in [6.07, 6.45) is 2.16. The maximum Gasteiger partial charge on any atom is 0.236 e. The molecule has 0 spiro atoms. The van der Waals surface area contributed by atoms with Crippen molar-refractivity contribution in [2.75, 3.05) is 6.61 Å². The highest BCUT2D eigenvalue weighted by Gasteiger charge is 2.52. The highest BCUT2D eigenvalue weighted by Crippen LogP contribution is 2.42. The van der Waals surface area contributed by atoms with Gasteiger partial charge in [-0.2, -0.15) is 0 Å². The zero-order valence-corrected chi connectivity index (χ0v) is 12.8. The fourth-order valence-corrected chi connectivity index (χ4v) is 3.01. The molecule has 1 aliphatic rings. The van der Waals surface area contributed by atoms with E-state index >= 15 is 0 Å². The van der Waals surface area contributed by atoms with Crippen LogP contribution < -0.4 is 0 Å². The van der Waals surface area contributed by atoms with Crippen LogP contribution in [0.15, 0.2) is 0 Å². The third kappa shape index (κ3) is 2.83. The maximum absolute atomic E-state index is 12.7. The van der Waals surface area contributed by atoms with Gasteiger partial charge in [-0.15, -0.1) is 0 Å². The summed E-state index contributed by atoms with van der Waals surface area (Å²) in [5.74, 6) is -0.127. The number of likely N-dealkylation sites (tertiary alicyclic amines) is 1. The number of aliphatic hydroxyl groups excluding tert-OH is 1. The third-order valence-corrected chi connectivity index (χ3v) is 4.50. The standard InChI is InChI=1S/C15H27NO3/c1-6-15(7-2)10-12(18)16(13(15)19)11(8-9-17)14(3,4)5/h11,17H,6-10H2,1-5H3. The first-order valence-electron chi connectivity index (χ1n) is 7.21. The van der Waals surface area contributed by atoms with Crippen molar-refractivity contribution in [2.24, 2.45) is 10.8 Å². The first-order valence-corrected chi connectivity index (χ1v) is 7.21. The number of carbonyl (C=O) groups is 2. The van der Waals surface area contributed by atoms with Gasteiger partial charge in [0, 0.05) is 19.1 Å². The molecule has 110 valence electrons. The smallest absolute Gasteiger partial charge is 0.236 e. The number of rotatable bonds is 5. The molecule has 0 bridgehead atoms. The topological polar surface area (TPSA) is 57.6 Å². The molecule has 1 rings (SSSR count). The van der Waals surface area contributed by atoms with Gasteiger partial charge in [-0.05, 0) is 24.7 Å². The molecule has 0 aromatic carbocycles. The van der Waals surface area contributed by atoms with Crippen molar-refractivity contribution in [1.29, 1.82) is 0 Å². The maximum atomic E-state index is 12.7. The molecule has 4 nitrogen and oxygen atoms in total. The summed E-state index contributed by atoms with van der Waals surface area (Å²) >= 11 is 0. The summed E-state index contributed by atoms with van der Waals surface area (Å²) in [5, 5.41) is 9.23. The molecule has 1 aliphatic heterocycles. The largest absolute Gasteiger partial charge is 0.396 e. The monoisotopic (exact) mass is 269 g/mol. The van der Waals surface area contributed by atoms with Crippen LogP contribution >= 0.6 is 0 Å². The molecule has 0 aliphatic carbocycles. The molecule has 1 unspecified atom stereocenters. The molecular weight excluding hydrogens is 242 g/mol. The van der Waals surface area contributed by atoms with Crippen LogP contribution in [0.3, 0.4) is 0 Å². The van der Waals surface area contributed by atoms with E-state index in [0.29, 0.717) is 25.7 Å². The van der Waals surface area contributed by atoms with Crippen LogP contribution in [-0.4, -0.2) is 34.5 Å². The van der Waals surface area contributed by atoms with Crippen LogP contribution in [0.5, 0.6) is 0 Å². The quantitative estimate of drug-likeness (QED) is 0.779. The second kappa shape index (κ2) is 5.61.